The Morgan fingerprint density at radius 2 is 1.61 bits per heavy atom. The molecular formula is C15H16F3N3O2. The number of anilines is 1. The Kier molecular flexibility index (Phi) is 4.92. The summed E-state index contributed by atoms with van der Waals surface area (Å²) in [5, 5.41) is 0. The predicted molar refractivity (Wildman–Crippen MR) is 78.7 cm³/mol. The Morgan fingerprint density at radius 3 is 2.13 bits per heavy atom. The molecule has 2 rings (SSSR count). The van der Waals surface area contributed by atoms with Crippen LogP contribution < -0.4 is 14.4 Å². The van der Waals surface area contributed by atoms with Crippen LogP contribution in [0.3, 0.4) is 0 Å². The standard InChI is InChI=1S/C15H16F3N3O2/c1-21(14-7-13(15(16,17)18)19-9-20-14)8-10-4-11(22-2)6-12(5-10)23-3/h4-7,9H,8H2,1-3H3. The van der Waals surface area contributed by atoms with Crippen molar-refractivity contribution in [2.45, 2.75) is 12.7 Å². The van der Waals surface area contributed by atoms with E-state index in [2.05, 4.69) is 9.97 Å². The van der Waals surface area contributed by atoms with Crippen LogP contribution in [0.25, 0.3) is 0 Å². The maximum atomic E-state index is 12.7. The Hall–Kier alpha value is -2.51. The molecule has 8 heteroatoms. The van der Waals surface area contributed by atoms with Crippen molar-refractivity contribution in [2.24, 2.45) is 0 Å². The Labute approximate surface area is 131 Å². The number of benzene rings is 1. The van der Waals surface area contributed by atoms with E-state index in [9.17, 15) is 13.2 Å². The van der Waals surface area contributed by atoms with Crippen molar-refractivity contribution in [3.8, 4) is 11.5 Å². The summed E-state index contributed by atoms with van der Waals surface area (Å²) >= 11 is 0. The summed E-state index contributed by atoms with van der Waals surface area (Å²) in [6.45, 7) is 0.335. The van der Waals surface area contributed by atoms with Crippen molar-refractivity contribution in [3.05, 3.63) is 41.9 Å². The second-order valence-corrected chi connectivity index (χ2v) is 4.84. The van der Waals surface area contributed by atoms with Crippen LogP contribution in [-0.4, -0.2) is 31.2 Å². The topological polar surface area (TPSA) is 47.5 Å². The van der Waals surface area contributed by atoms with Gasteiger partial charge in [0.15, 0.2) is 0 Å². The van der Waals surface area contributed by atoms with Crippen molar-refractivity contribution >= 4 is 5.82 Å². The van der Waals surface area contributed by atoms with Crippen LogP contribution in [0, 0.1) is 0 Å². The molecule has 0 saturated carbocycles. The van der Waals surface area contributed by atoms with Gasteiger partial charge < -0.3 is 14.4 Å². The summed E-state index contributed by atoms with van der Waals surface area (Å²) in [7, 11) is 4.71. The first-order valence-corrected chi connectivity index (χ1v) is 6.66. The van der Waals surface area contributed by atoms with Gasteiger partial charge in [-0.3, -0.25) is 0 Å². The number of methoxy groups -OCH3 is 2. The molecule has 2 aromatic rings. The van der Waals surface area contributed by atoms with E-state index in [0.717, 1.165) is 18.0 Å². The van der Waals surface area contributed by atoms with Gasteiger partial charge in [-0.1, -0.05) is 0 Å². The molecule has 0 aliphatic heterocycles. The number of aromatic nitrogens is 2. The second-order valence-electron chi connectivity index (χ2n) is 4.84. The average Bonchev–Trinajstić information content (AvgIpc) is 2.53. The lowest BCUT2D eigenvalue weighted by atomic mass is 10.2. The first kappa shape index (κ1) is 16.9. The zero-order valence-electron chi connectivity index (χ0n) is 12.9. The van der Waals surface area contributed by atoms with Gasteiger partial charge in [0, 0.05) is 25.7 Å². The minimum Gasteiger partial charge on any atom is -0.497 e. The van der Waals surface area contributed by atoms with E-state index < -0.39 is 11.9 Å². The first-order chi connectivity index (χ1) is 10.8. The van der Waals surface area contributed by atoms with Crippen molar-refractivity contribution < 1.29 is 22.6 Å². The van der Waals surface area contributed by atoms with Gasteiger partial charge in [-0.25, -0.2) is 9.97 Å². The van der Waals surface area contributed by atoms with E-state index in [4.69, 9.17) is 9.47 Å². The van der Waals surface area contributed by atoms with Gasteiger partial charge >= 0.3 is 6.18 Å². The lowest BCUT2D eigenvalue weighted by molar-refractivity contribution is -0.141. The smallest absolute Gasteiger partial charge is 0.433 e. The van der Waals surface area contributed by atoms with Crippen LogP contribution >= 0.6 is 0 Å². The fraction of sp³-hybridized carbons (Fsp3) is 0.333. The largest absolute Gasteiger partial charge is 0.497 e. The van der Waals surface area contributed by atoms with E-state index in [-0.39, 0.29) is 5.82 Å². The first-order valence-electron chi connectivity index (χ1n) is 6.66. The molecule has 23 heavy (non-hydrogen) atoms. The van der Waals surface area contributed by atoms with Gasteiger partial charge in [-0.15, -0.1) is 0 Å². The zero-order valence-corrected chi connectivity index (χ0v) is 12.9. The highest BCUT2D eigenvalue weighted by molar-refractivity contribution is 5.43. The molecule has 124 valence electrons. The normalized spacial score (nSPS) is 11.2. The van der Waals surface area contributed by atoms with Gasteiger partial charge in [-0.05, 0) is 17.7 Å². The fourth-order valence-corrected chi connectivity index (χ4v) is 2.02. The Bertz CT molecular complexity index is 655. The third kappa shape index (κ3) is 4.24. The SMILES string of the molecule is COc1cc(CN(C)c2cc(C(F)(F)F)ncn2)cc(OC)c1. The fourth-order valence-electron chi connectivity index (χ4n) is 2.02. The van der Waals surface area contributed by atoms with Gasteiger partial charge in [0.2, 0.25) is 0 Å². The van der Waals surface area contributed by atoms with E-state index in [1.54, 1.807) is 30.1 Å². The third-order valence-electron chi connectivity index (χ3n) is 3.17. The van der Waals surface area contributed by atoms with E-state index in [0.29, 0.717) is 18.0 Å². The quantitative estimate of drug-likeness (QED) is 0.844. The summed E-state index contributed by atoms with van der Waals surface area (Å²) in [5.74, 6) is 1.38. The maximum absolute atomic E-state index is 12.7. The number of hydrogen-bond donors (Lipinski definition) is 0. The molecule has 0 N–H and O–H groups in total. The molecule has 0 amide bonds. The minimum atomic E-state index is -4.50. The summed E-state index contributed by atoms with van der Waals surface area (Å²) in [6, 6.07) is 6.20. The molecular weight excluding hydrogens is 311 g/mol. The van der Waals surface area contributed by atoms with Crippen LogP contribution in [0.4, 0.5) is 19.0 Å². The molecule has 0 spiro atoms. The zero-order chi connectivity index (χ0) is 17.0. The lowest BCUT2D eigenvalue weighted by Gasteiger charge is -2.19. The van der Waals surface area contributed by atoms with Crippen LogP contribution in [0.15, 0.2) is 30.6 Å². The molecule has 0 fully saturated rings. The highest BCUT2D eigenvalue weighted by Gasteiger charge is 2.33. The average molecular weight is 327 g/mol. The van der Waals surface area contributed by atoms with Crippen LogP contribution in [-0.2, 0) is 12.7 Å². The maximum Gasteiger partial charge on any atom is 0.433 e. The molecule has 0 aliphatic carbocycles. The summed E-state index contributed by atoms with van der Waals surface area (Å²) in [5.41, 5.74) is -0.159. The number of rotatable bonds is 5. The number of hydrogen-bond acceptors (Lipinski definition) is 5. The highest BCUT2D eigenvalue weighted by Crippen LogP contribution is 2.29. The molecule has 0 radical (unpaired) electrons. The molecule has 1 heterocycles. The number of alkyl halides is 3. The minimum absolute atomic E-state index is 0.175. The summed E-state index contributed by atoms with van der Waals surface area (Å²) < 4.78 is 48.5. The second kappa shape index (κ2) is 6.72. The van der Waals surface area contributed by atoms with Crippen LogP contribution in [0.5, 0.6) is 11.5 Å². The monoisotopic (exact) mass is 327 g/mol. The van der Waals surface area contributed by atoms with Gasteiger partial charge in [0.05, 0.1) is 14.2 Å². The van der Waals surface area contributed by atoms with E-state index >= 15 is 0 Å². The molecule has 0 unspecified atom stereocenters. The van der Waals surface area contributed by atoms with Crippen molar-refractivity contribution in [1.82, 2.24) is 9.97 Å². The van der Waals surface area contributed by atoms with Gasteiger partial charge in [-0.2, -0.15) is 13.2 Å². The van der Waals surface area contributed by atoms with Gasteiger partial charge in [0.1, 0.15) is 29.3 Å². The summed E-state index contributed by atoms with van der Waals surface area (Å²) in [4.78, 5) is 8.73. The van der Waals surface area contributed by atoms with E-state index in [1.165, 1.54) is 14.2 Å². The van der Waals surface area contributed by atoms with Crippen molar-refractivity contribution in [1.29, 1.82) is 0 Å². The molecule has 0 aliphatic rings. The molecule has 1 aromatic heterocycles. The lowest BCUT2D eigenvalue weighted by Crippen LogP contribution is -2.19. The number of nitrogens with zero attached hydrogens (tertiary/aromatic N) is 3. The van der Waals surface area contributed by atoms with Crippen LogP contribution in [0.1, 0.15) is 11.3 Å². The molecule has 1 aromatic carbocycles. The van der Waals surface area contributed by atoms with Crippen molar-refractivity contribution in [2.75, 3.05) is 26.2 Å². The van der Waals surface area contributed by atoms with Gasteiger partial charge in [0.25, 0.3) is 0 Å². The summed E-state index contributed by atoms with van der Waals surface area (Å²) in [6.07, 6.45) is -3.60. The number of halogens is 3. The molecule has 0 bridgehead atoms. The Morgan fingerprint density at radius 1 is 1.00 bits per heavy atom. The molecule has 5 nitrogen and oxygen atoms in total. The number of ether oxygens (including phenoxy) is 2. The Balaban J connectivity index is 2.24. The molecule has 0 atom stereocenters. The predicted octanol–water partition coefficient (Wildman–Crippen LogP) is 3.15. The third-order valence-corrected chi connectivity index (χ3v) is 3.17. The van der Waals surface area contributed by atoms with Crippen molar-refractivity contribution in [3.63, 3.8) is 0 Å². The van der Waals surface area contributed by atoms with E-state index in [1.807, 2.05) is 0 Å². The highest BCUT2D eigenvalue weighted by atomic mass is 19.4. The van der Waals surface area contributed by atoms with Crippen LogP contribution in [0.2, 0.25) is 0 Å². The molecule has 0 saturated heterocycles.